The number of nitrogens with one attached hydrogen (secondary N) is 1. The number of anilines is 2. The van der Waals surface area contributed by atoms with Crippen LogP contribution < -0.4 is 10.2 Å². The summed E-state index contributed by atoms with van der Waals surface area (Å²) in [6.07, 6.45) is 9.12. The minimum absolute atomic E-state index is 0.197. The van der Waals surface area contributed by atoms with E-state index in [-0.39, 0.29) is 5.78 Å². The van der Waals surface area contributed by atoms with E-state index in [4.69, 9.17) is 9.72 Å². The van der Waals surface area contributed by atoms with E-state index in [2.05, 4.69) is 62.4 Å². The zero-order valence-corrected chi connectivity index (χ0v) is 25.6. The molecule has 1 aromatic carbocycles. The fraction of sp³-hybridized carbons (Fsp3) is 0.543. The summed E-state index contributed by atoms with van der Waals surface area (Å²) >= 11 is 0. The number of nitrogens with zero attached hydrogens (tertiary/aromatic N) is 3. The number of aromatic nitrogens is 1. The predicted molar refractivity (Wildman–Crippen MR) is 167 cm³/mol. The van der Waals surface area contributed by atoms with Crippen molar-refractivity contribution in [3.8, 4) is 0 Å². The molecule has 2 atom stereocenters. The molecule has 2 aromatic rings. The Morgan fingerprint density at radius 2 is 1.93 bits per heavy atom. The zero-order valence-electron chi connectivity index (χ0n) is 25.6. The molecule has 6 heteroatoms. The van der Waals surface area contributed by atoms with Gasteiger partial charge in [-0.05, 0) is 92.7 Å². The van der Waals surface area contributed by atoms with Gasteiger partial charge >= 0.3 is 0 Å². The van der Waals surface area contributed by atoms with Gasteiger partial charge in [0.05, 0.1) is 56.3 Å². The molecule has 6 rings (SSSR count). The second kappa shape index (κ2) is 11.3. The molecule has 4 bridgehead atoms. The maximum atomic E-state index is 13.4. The molecule has 1 fully saturated rings. The van der Waals surface area contributed by atoms with Gasteiger partial charge in [-0.1, -0.05) is 19.9 Å². The summed E-state index contributed by atoms with van der Waals surface area (Å²) in [5, 5.41) is 3.70. The average molecular weight is 556 g/mol. The summed E-state index contributed by atoms with van der Waals surface area (Å²) in [6.45, 7) is 10.3. The zero-order chi connectivity index (χ0) is 28.7. The second-order valence-electron chi connectivity index (χ2n) is 13.8. The highest BCUT2D eigenvalue weighted by Crippen LogP contribution is 2.42. The van der Waals surface area contributed by atoms with E-state index in [0.29, 0.717) is 24.2 Å². The molecule has 0 radical (unpaired) electrons. The van der Waals surface area contributed by atoms with Gasteiger partial charge in [-0.3, -0.25) is 9.78 Å². The lowest BCUT2D eigenvalue weighted by molar-refractivity contribution is -0.884. The van der Waals surface area contributed by atoms with Crippen LogP contribution in [-0.2, 0) is 4.74 Å². The van der Waals surface area contributed by atoms with Crippen LogP contribution in [0.5, 0.6) is 0 Å². The number of ether oxygens (including phenoxy) is 1. The SMILES string of the molecule is Cc1cc2cc(n1)C1=C(CC[N+](C)(C)C1)OCC1CCC(C1)CN1/C(=C\CCCC2=O)Nc2ccc(C(C)C)cc21. The van der Waals surface area contributed by atoms with Gasteiger partial charge in [0.25, 0.3) is 0 Å². The molecule has 1 aromatic heterocycles. The quantitative estimate of drug-likeness (QED) is 0.375. The Hall–Kier alpha value is -3.12. The van der Waals surface area contributed by atoms with E-state index < -0.39 is 0 Å². The lowest BCUT2D eigenvalue weighted by atomic mass is 9.98. The van der Waals surface area contributed by atoms with Crippen LogP contribution in [0.2, 0.25) is 0 Å². The molecule has 1 aliphatic carbocycles. The van der Waals surface area contributed by atoms with Gasteiger partial charge in [-0.2, -0.15) is 0 Å². The third-order valence-electron chi connectivity index (χ3n) is 9.51. The maximum Gasteiger partial charge on any atom is 0.163 e. The molecule has 41 heavy (non-hydrogen) atoms. The molecule has 1 N–H and O–H groups in total. The standard InChI is InChI=1S/C35H47N4O2/c1-23(2)27-12-13-30-32(19-27)38-20-25-10-11-26(17-25)22-41-34-14-15-39(4,5)21-29(34)31-18-28(16-24(3)36-31)33(40)8-6-7-9-35(38)37-30/h9,12-13,16,18-19,23,25-26,37H,6-8,10-11,14-15,17,20-22H2,1-5H3/q+1/b35-9-. The first-order valence-electron chi connectivity index (χ1n) is 15.7. The average Bonchev–Trinajstić information content (AvgIpc) is 3.53. The highest BCUT2D eigenvalue weighted by molar-refractivity contribution is 5.96. The van der Waals surface area contributed by atoms with Crippen LogP contribution in [0.1, 0.15) is 92.0 Å². The number of carbonyl (C=O) groups is 1. The van der Waals surface area contributed by atoms with Crippen LogP contribution in [0.3, 0.4) is 0 Å². The third-order valence-corrected chi connectivity index (χ3v) is 9.51. The molecule has 2 unspecified atom stereocenters. The Morgan fingerprint density at radius 3 is 2.76 bits per heavy atom. The van der Waals surface area contributed by atoms with Crippen molar-refractivity contribution >= 4 is 22.7 Å². The van der Waals surface area contributed by atoms with Crippen LogP contribution in [0.4, 0.5) is 11.4 Å². The number of fused-ring (bicyclic) bond motifs is 8. The van der Waals surface area contributed by atoms with E-state index in [1.54, 1.807) is 0 Å². The summed E-state index contributed by atoms with van der Waals surface area (Å²) in [7, 11) is 4.55. The summed E-state index contributed by atoms with van der Waals surface area (Å²) in [5.74, 6) is 4.17. The molecule has 4 aliphatic rings. The molecule has 0 saturated heterocycles. The van der Waals surface area contributed by atoms with Crippen molar-refractivity contribution in [3.05, 3.63) is 70.5 Å². The van der Waals surface area contributed by atoms with Crippen molar-refractivity contribution in [1.82, 2.24) is 4.98 Å². The van der Waals surface area contributed by atoms with Crippen LogP contribution in [0, 0.1) is 18.8 Å². The number of aryl methyl sites for hydroxylation is 1. The van der Waals surface area contributed by atoms with Crippen molar-refractivity contribution in [2.24, 2.45) is 11.8 Å². The minimum Gasteiger partial charge on any atom is -0.497 e. The normalized spacial score (nSPS) is 25.8. The van der Waals surface area contributed by atoms with Crippen molar-refractivity contribution in [1.29, 1.82) is 0 Å². The van der Waals surface area contributed by atoms with E-state index in [0.717, 1.165) is 72.7 Å². The fourth-order valence-electron chi connectivity index (χ4n) is 7.07. The largest absolute Gasteiger partial charge is 0.497 e. The van der Waals surface area contributed by atoms with Gasteiger partial charge in [0, 0.05) is 24.2 Å². The molecule has 0 amide bonds. The number of Topliss-reactive ketones (excluding diaryl/α,β-unsaturated/α-hetero) is 1. The van der Waals surface area contributed by atoms with Gasteiger partial charge in [0.2, 0.25) is 0 Å². The number of likely N-dealkylation sites (N-methyl/N-ethyl adjacent to an activating group) is 1. The molecule has 1 saturated carbocycles. The number of rotatable bonds is 1. The summed E-state index contributed by atoms with van der Waals surface area (Å²) in [4.78, 5) is 20.8. The van der Waals surface area contributed by atoms with Gasteiger partial charge in [-0.15, -0.1) is 0 Å². The van der Waals surface area contributed by atoms with Crippen molar-refractivity contribution in [2.75, 3.05) is 50.6 Å². The highest BCUT2D eigenvalue weighted by atomic mass is 16.5. The van der Waals surface area contributed by atoms with Crippen LogP contribution in [0.15, 0.2) is 48.0 Å². The van der Waals surface area contributed by atoms with Gasteiger partial charge < -0.3 is 19.4 Å². The molecular formula is C35H47N4O2+. The number of quaternary nitrogens is 1. The van der Waals surface area contributed by atoms with Crippen LogP contribution in [-0.4, -0.2) is 55.6 Å². The van der Waals surface area contributed by atoms with Crippen LogP contribution >= 0.6 is 0 Å². The number of hydrogen-bond acceptors (Lipinski definition) is 5. The fourth-order valence-corrected chi connectivity index (χ4v) is 7.07. The lowest BCUT2D eigenvalue weighted by Gasteiger charge is -2.36. The highest BCUT2D eigenvalue weighted by Gasteiger charge is 2.34. The number of carbonyl (C=O) groups excluding carboxylic acids is 1. The number of hydrogen-bond donors (Lipinski definition) is 1. The van der Waals surface area contributed by atoms with E-state index in [1.807, 2.05) is 19.1 Å². The first-order chi connectivity index (χ1) is 19.6. The van der Waals surface area contributed by atoms with Crippen molar-refractivity contribution in [2.45, 2.75) is 71.6 Å². The Balaban J connectivity index is 1.32. The van der Waals surface area contributed by atoms with Gasteiger partial charge in [-0.25, -0.2) is 0 Å². The Kier molecular flexibility index (Phi) is 7.71. The van der Waals surface area contributed by atoms with Crippen LogP contribution in [0.25, 0.3) is 5.57 Å². The molecule has 6 nitrogen and oxygen atoms in total. The molecule has 3 aliphatic heterocycles. The molecular weight excluding hydrogens is 508 g/mol. The number of benzene rings is 1. The van der Waals surface area contributed by atoms with Gasteiger partial charge in [0.1, 0.15) is 18.1 Å². The predicted octanol–water partition coefficient (Wildman–Crippen LogP) is 7.28. The summed E-state index contributed by atoms with van der Waals surface area (Å²) in [6, 6.07) is 10.8. The summed E-state index contributed by atoms with van der Waals surface area (Å²) in [5.41, 5.74) is 7.64. The smallest absolute Gasteiger partial charge is 0.163 e. The number of allylic oxidation sites excluding steroid dienone is 1. The van der Waals surface area contributed by atoms with E-state index >= 15 is 0 Å². The topological polar surface area (TPSA) is 54.5 Å². The maximum absolute atomic E-state index is 13.4. The summed E-state index contributed by atoms with van der Waals surface area (Å²) < 4.78 is 7.58. The molecule has 218 valence electrons. The monoisotopic (exact) mass is 555 g/mol. The number of pyridine rings is 1. The van der Waals surface area contributed by atoms with E-state index in [1.165, 1.54) is 47.6 Å². The van der Waals surface area contributed by atoms with Gasteiger partial charge in [0.15, 0.2) is 5.78 Å². The number of ketones is 1. The first-order valence-corrected chi connectivity index (χ1v) is 15.7. The molecule has 4 heterocycles. The lowest BCUT2D eigenvalue weighted by Crippen LogP contribution is -2.45. The third kappa shape index (κ3) is 6.08. The second-order valence-corrected chi connectivity index (χ2v) is 13.8. The van der Waals surface area contributed by atoms with Crippen molar-refractivity contribution < 1.29 is 14.0 Å². The Labute approximate surface area is 246 Å². The first kappa shape index (κ1) is 28.0. The Morgan fingerprint density at radius 1 is 1.10 bits per heavy atom. The Bertz CT molecular complexity index is 1390. The minimum atomic E-state index is 0.197. The van der Waals surface area contributed by atoms with E-state index in [9.17, 15) is 4.79 Å². The molecule has 0 spiro atoms. The van der Waals surface area contributed by atoms with Crippen molar-refractivity contribution in [3.63, 3.8) is 0 Å².